The molecule has 3 atom stereocenters. The summed E-state index contributed by atoms with van der Waals surface area (Å²) < 4.78 is 0. The molecule has 2 aliphatic rings. The van der Waals surface area contributed by atoms with E-state index in [0.717, 1.165) is 19.3 Å². The van der Waals surface area contributed by atoms with Gasteiger partial charge in [0.2, 0.25) is 0 Å². The number of benzene rings is 1. The van der Waals surface area contributed by atoms with Crippen LogP contribution in [0.15, 0.2) is 18.2 Å². The lowest BCUT2D eigenvalue weighted by molar-refractivity contribution is -0.126. The Labute approximate surface area is 133 Å². The van der Waals surface area contributed by atoms with Crippen molar-refractivity contribution in [3.8, 4) is 5.75 Å². The Morgan fingerprint density at radius 1 is 1.32 bits per heavy atom. The van der Waals surface area contributed by atoms with Crippen LogP contribution in [-0.4, -0.2) is 10.9 Å². The number of carbonyl (C=O) groups excluding carboxylic acids is 1. The Kier molecular flexibility index (Phi) is 4.05. The van der Waals surface area contributed by atoms with Crippen LogP contribution in [0.4, 0.5) is 0 Å². The van der Waals surface area contributed by atoms with Gasteiger partial charge in [-0.1, -0.05) is 33.3 Å². The SMILES string of the molecule is CC(C)CCC1CC(=O)C[C@@H]2c3ccc(O)cc3CC[C@@]12C. The Hall–Kier alpha value is -1.31. The van der Waals surface area contributed by atoms with Crippen molar-refractivity contribution in [2.75, 3.05) is 0 Å². The van der Waals surface area contributed by atoms with Gasteiger partial charge in [-0.15, -0.1) is 0 Å². The van der Waals surface area contributed by atoms with Crippen molar-refractivity contribution < 1.29 is 9.90 Å². The van der Waals surface area contributed by atoms with E-state index >= 15 is 0 Å². The number of aryl methyl sites for hydroxylation is 1. The fraction of sp³-hybridized carbons (Fsp3) is 0.650. The van der Waals surface area contributed by atoms with E-state index in [4.69, 9.17) is 0 Å². The monoisotopic (exact) mass is 300 g/mol. The summed E-state index contributed by atoms with van der Waals surface area (Å²) in [6, 6.07) is 5.74. The summed E-state index contributed by atoms with van der Waals surface area (Å²) in [6.45, 7) is 6.94. The lowest BCUT2D eigenvalue weighted by Crippen LogP contribution is -2.43. The van der Waals surface area contributed by atoms with Gasteiger partial charge in [-0.3, -0.25) is 4.79 Å². The maximum absolute atomic E-state index is 12.3. The molecule has 0 heterocycles. The third kappa shape index (κ3) is 2.68. The summed E-state index contributed by atoms with van der Waals surface area (Å²) in [5.74, 6) is 2.34. The highest BCUT2D eigenvalue weighted by Crippen LogP contribution is 2.57. The summed E-state index contributed by atoms with van der Waals surface area (Å²) in [6.07, 6.45) is 6.01. The summed E-state index contributed by atoms with van der Waals surface area (Å²) in [4.78, 5) is 12.3. The number of phenolic OH excluding ortho intramolecular Hbond substituents is 1. The van der Waals surface area contributed by atoms with Gasteiger partial charge >= 0.3 is 0 Å². The van der Waals surface area contributed by atoms with Crippen LogP contribution in [-0.2, 0) is 11.2 Å². The number of carbonyl (C=O) groups is 1. The van der Waals surface area contributed by atoms with Gasteiger partial charge in [-0.2, -0.15) is 0 Å². The van der Waals surface area contributed by atoms with Crippen LogP contribution in [0.3, 0.4) is 0 Å². The Morgan fingerprint density at radius 2 is 2.09 bits per heavy atom. The molecule has 1 N–H and O–H groups in total. The largest absolute Gasteiger partial charge is 0.508 e. The van der Waals surface area contributed by atoms with Crippen molar-refractivity contribution in [1.29, 1.82) is 0 Å². The molecule has 2 nitrogen and oxygen atoms in total. The Bertz CT molecular complexity index is 575. The molecule has 120 valence electrons. The van der Waals surface area contributed by atoms with Gasteiger partial charge in [0.1, 0.15) is 11.5 Å². The van der Waals surface area contributed by atoms with E-state index in [-0.39, 0.29) is 5.41 Å². The van der Waals surface area contributed by atoms with E-state index in [9.17, 15) is 9.90 Å². The molecule has 0 saturated heterocycles. The second kappa shape index (κ2) is 5.72. The van der Waals surface area contributed by atoms with Crippen LogP contribution in [0.1, 0.15) is 69.9 Å². The third-order valence-corrected chi connectivity index (χ3v) is 6.16. The van der Waals surface area contributed by atoms with Gasteiger partial charge in [0.15, 0.2) is 0 Å². The fourth-order valence-corrected chi connectivity index (χ4v) is 4.70. The summed E-state index contributed by atoms with van der Waals surface area (Å²) in [7, 11) is 0. The zero-order valence-electron chi connectivity index (χ0n) is 14.1. The number of aromatic hydroxyl groups is 1. The molecule has 0 aromatic heterocycles. The first-order valence-electron chi connectivity index (χ1n) is 8.73. The van der Waals surface area contributed by atoms with Gasteiger partial charge in [-0.25, -0.2) is 0 Å². The highest BCUT2D eigenvalue weighted by Gasteiger charge is 2.48. The molecule has 22 heavy (non-hydrogen) atoms. The van der Waals surface area contributed by atoms with Crippen molar-refractivity contribution in [3.05, 3.63) is 29.3 Å². The number of hydrogen-bond acceptors (Lipinski definition) is 2. The second-order valence-corrected chi connectivity index (χ2v) is 8.06. The number of ketones is 1. The number of Topliss-reactive ketones (excluding diaryl/α,β-unsaturated/α-hetero) is 1. The first-order chi connectivity index (χ1) is 10.4. The van der Waals surface area contributed by atoms with Crippen molar-refractivity contribution in [2.45, 2.75) is 65.2 Å². The van der Waals surface area contributed by atoms with Crippen molar-refractivity contribution in [2.24, 2.45) is 17.3 Å². The quantitative estimate of drug-likeness (QED) is 0.867. The molecule has 3 rings (SSSR count). The average molecular weight is 300 g/mol. The van der Waals surface area contributed by atoms with E-state index in [1.807, 2.05) is 6.07 Å². The smallest absolute Gasteiger partial charge is 0.133 e. The number of hydrogen-bond donors (Lipinski definition) is 1. The zero-order chi connectivity index (χ0) is 15.9. The van der Waals surface area contributed by atoms with Crippen LogP contribution in [0, 0.1) is 17.3 Å². The lowest BCUT2D eigenvalue weighted by Gasteiger charge is -2.51. The lowest BCUT2D eigenvalue weighted by atomic mass is 9.53. The minimum atomic E-state index is 0.243. The minimum Gasteiger partial charge on any atom is -0.508 e. The third-order valence-electron chi connectivity index (χ3n) is 6.16. The zero-order valence-corrected chi connectivity index (χ0v) is 14.1. The summed E-state index contributed by atoms with van der Waals surface area (Å²) in [5.41, 5.74) is 2.81. The molecule has 1 fully saturated rings. The molecule has 1 aromatic carbocycles. The Morgan fingerprint density at radius 3 is 2.82 bits per heavy atom. The first-order valence-corrected chi connectivity index (χ1v) is 8.73. The van der Waals surface area contributed by atoms with E-state index in [0.29, 0.717) is 35.7 Å². The molecule has 0 radical (unpaired) electrons. The van der Waals surface area contributed by atoms with E-state index in [1.54, 1.807) is 6.07 Å². The predicted molar refractivity (Wildman–Crippen MR) is 89.1 cm³/mol. The van der Waals surface area contributed by atoms with Crippen LogP contribution >= 0.6 is 0 Å². The molecule has 2 heteroatoms. The highest BCUT2D eigenvalue weighted by molar-refractivity contribution is 5.81. The van der Waals surface area contributed by atoms with E-state index in [1.165, 1.54) is 24.0 Å². The molecule has 1 saturated carbocycles. The average Bonchev–Trinajstić information content (AvgIpc) is 2.45. The van der Waals surface area contributed by atoms with Crippen LogP contribution in [0.25, 0.3) is 0 Å². The van der Waals surface area contributed by atoms with Gasteiger partial charge < -0.3 is 5.11 Å². The van der Waals surface area contributed by atoms with E-state index in [2.05, 4.69) is 26.8 Å². The minimum absolute atomic E-state index is 0.243. The summed E-state index contributed by atoms with van der Waals surface area (Å²) in [5, 5.41) is 9.73. The van der Waals surface area contributed by atoms with Crippen LogP contribution < -0.4 is 0 Å². The normalized spacial score (nSPS) is 31.0. The number of fused-ring (bicyclic) bond motifs is 3. The fourth-order valence-electron chi connectivity index (χ4n) is 4.70. The van der Waals surface area contributed by atoms with Crippen LogP contribution in [0.5, 0.6) is 5.75 Å². The predicted octanol–water partition coefficient (Wildman–Crippen LogP) is 4.84. The second-order valence-electron chi connectivity index (χ2n) is 8.06. The molecular formula is C20H28O2. The molecule has 1 aromatic rings. The van der Waals surface area contributed by atoms with E-state index < -0.39 is 0 Å². The standard InChI is InChI=1S/C20H28O2/c1-13(2)4-5-15-11-17(22)12-19-18-7-6-16(21)10-14(18)8-9-20(15,19)3/h6-7,10,13,15,19,21H,4-5,8-9,11-12H2,1-3H3/t15?,19-,20+/m1/s1. The number of phenols is 1. The van der Waals surface area contributed by atoms with Crippen molar-refractivity contribution >= 4 is 5.78 Å². The molecular weight excluding hydrogens is 272 g/mol. The van der Waals surface area contributed by atoms with Gasteiger partial charge in [0.05, 0.1) is 0 Å². The maximum Gasteiger partial charge on any atom is 0.133 e. The first kappa shape index (κ1) is 15.6. The highest BCUT2D eigenvalue weighted by atomic mass is 16.3. The summed E-state index contributed by atoms with van der Waals surface area (Å²) >= 11 is 0. The van der Waals surface area contributed by atoms with Crippen molar-refractivity contribution in [1.82, 2.24) is 0 Å². The van der Waals surface area contributed by atoms with Crippen LogP contribution in [0.2, 0.25) is 0 Å². The van der Waals surface area contributed by atoms with Crippen molar-refractivity contribution in [3.63, 3.8) is 0 Å². The maximum atomic E-state index is 12.3. The molecule has 0 amide bonds. The van der Waals surface area contributed by atoms with Gasteiger partial charge in [0.25, 0.3) is 0 Å². The molecule has 0 bridgehead atoms. The van der Waals surface area contributed by atoms with Gasteiger partial charge in [0, 0.05) is 12.8 Å². The van der Waals surface area contributed by atoms with Gasteiger partial charge in [-0.05, 0) is 65.7 Å². The topological polar surface area (TPSA) is 37.3 Å². The number of rotatable bonds is 3. The molecule has 2 aliphatic carbocycles. The molecule has 1 unspecified atom stereocenters. The molecule has 0 aliphatic heterocycles. The molecule has 0 spiro atoms. The Balaban J connectivity index is 1.93.